The molecule has 0 aliphatic heterocycles. The lowest BCUT2D eigenvalue weighted by Gasteiger charge is -2.15. The van der Waals surface area contributed by atoms with Gasteiger partial charge in [0.25, 0.3) is 0 Å². The summed E-state index contributed by atoms with van der Waals surface area (Å²) in [5, 5.41) is 8.23. The minimum Gasteiger partial charge on any atom is -0.481 e. The molecule has 0 amide bonds. The molecule has 0 aromatic rings. The van der Waals surface area contributed by atoms with E-state index >= 15 is 0 Å². The quantitative estimate of drug-likeness (QED) is 0.496. The van der Waals surface area contributed by atoms with Crippen LogP contribution in [-0.2, 0) is 28.8 Å². The topological polar surface area (TPSA) is 123 Å². The molecule has 174 valence electrons. The summed E-state index contributed by atoms with van der Waals surface area (Å²) >= 11 is 0. The van der Waals surface area contributed by atoms with Crippen molar-refractivity contribution < 1.29 is 33.9 Å². The fraction of sp³-hybridized carbons (Fsp3) is 0.739. The van der Waals surface area contributed by atoms with Crippen LogP contribution in [0.15, 0.2) is 0 Å². The van der Waals surface area contributed by atoms with Crippen molar-refractivity contribution >= 4 is 34.9 Å². The van der Waals surface area contributed by atoms with Crippen LogP contribution in [0.4, 0.5) is 0 Å². The molecule has 0 radical (unpaired) electrons. The smallest absolute Gasteiger partial charge is 0.310 e. The number of Topliss-reactive ketones (excluding diaryl/α,β-unsaturated/α-hetero) is 5. The number of carbonyl (C=O) groups is 6. The maximum Gasteiger partial charge on any atom is 0.310 e. The van der Waals surface area contributed by atoms with Crippen LogP contribution in [0.5, 0.6) is 0 Å². The third kappa shape index (κ3) is 19.2. The van der Waals surface area contributed by atoms with Crippen molar-refractivity contribution in [1.82, 2.24) is 0 Å². The van der Waals surface area contributed by atoms with Crippen molar-refractivity contribution in [3.63, 3.8) is 0 Å². The third-order valence-corrected chi connectivity index (χ3v) is 3.69. The predicted molar refractivity (Wildman–Crippen MR) is 116 cm³/mol. The van der Waals surface area contributed by atoms with Gasteiger partial charge in [0.2, 0.25) is 5.78 Å². The van der Waals surface area contributed by atoms with Crippen molar-refractivity contribution in [3.05, 3.63) is 0 Å². The summed E-state index contributed by atoms with van der Waals surface area (Å²) in [7, 11) is 0. The Balaban J connectivity index is -0.000000366. The Labute approximate surface area is 181 Å². The number of hydrogen-bond acceptors (Lipinski definition) is 6. The monoisotopic (exact) mass is 428 g/mol. The largest absolute Gasteiger partial charge is 0.481 e. The van der Waals surface area contributed by atoms with Gasteiger partial charge >= 0.3 is 5.97 Å². The third-order valence-electron chi connectivity index (χ3n) is 3.69. The second kappa shape index (κ2) is 13.2. The van der Waals surface area contributed by atoms with Crippen LogP contribution in [0.25, 0.3) is 0 Å². The maximum absolute atomic E-state index is 11.2. The van der Waals surface area contributed by atoms with Gasteiger partial charge in [0.05, 0.1) is 0 Å². The van der Waals surface area contributed by atoms with Crippen molar-refractivity contribution in [3.8, 4) is 0 Å². The molecule has 0 aliphatic rings. The Kier molecular flexibility index (Phi) is 14.3. The first-order chi connectivity index (χ1) is 13.0. The average molecular weight is 429 g/mol. The molecule has 0 saturated heterocycles. The first-order valence-corrected chi connectivity index (χ1v) is 9.86. The number of carbonyl (C=O) groups excluding carboxylic acids is 5. The van der Waals surface area contributed by atoms with E-state index in [0.717, 1.165) is 0 Å². The second-order valence-electron chi connectivity index (χ2n) is 10.3. The molecule has 0 fully saturated rings. The van der Waals surface area contributed by atoms with E-state index in [1.165, 1.54) is 13.8 Å². The molecule has 0 aromatic heterocycles. The molecule has 0 heterocycles. The predicted octanol–water partition coefficient (Wildman–Crippen LogP) is 4.24. The molecular formula is C23H40O7. The lowest BCUT2D eigenvalue weighted by molar-refractivity contribution is -0.142. The first kappa shape index (κ1) is 32.5. The van der Waals surface area contributed by atoms with Gasteiger partial charge in [0.15, 0.2) is 5.78 Å². The van der Waals surface area contributed by atoms with Crippen LogP contribution in [-0.4, -0.2) is 40.0 Å². The maximum atomic E-state index is 11.2. The van der Waals surface area contributed by atoms with E-state index in [0.29, 0.717) is 12.8 Å². The Morgan fingerprint density at radius 3 is 1.10 bits per heavy atom. The van der Waals surface area contributed by atoms with Crippen LogP contribution in [0, 0.1) is 16.2 Å². The van der Waals surface area contributed by atoms with Gasteiger partial charge in [0.1, 0.15) is 23.8 Å². The molecule has 7 nitrogen and oxygen atoms in total. The first-order valence-electron chi connectivity index (χ1n) is 9.86. The minimum atomic E-state index is -1.06. The van der Waals surface area contributed by atoms with E-state index < -0.39 is 16.8 Å². The van der Waals surface area contributed by atoms with Crippen LogP contribution in [0.3, 0.4) is 0 Å². The van der Waals surface area contributed by atoms with E-state index in [9.17, 15) is 28.8 Å². The van der Waals surface area contributed by atoms with Crippen molar-refractivity contribution in [2.45, 2.75) is 95.4 Å². The highest BCUT2D eigenvalue weighted by molar-refractivity contribution is 6.37. The number of rotatable bonds is 6. The Hall–Kier alpha value is -2.18. The highest BCUT2D eigenvalue weighted by Crippen LogP contribution is 2.17. The van der Waals surface area contributed by atoms with Gasteiger partial charge in [-0.05, 0) is 6.92 Å². The fourth-order valence-corrected chi connectivity index (χ4v) is 1.60. The van der Waals surface area contributed by atoms with Gasteiger partial charge in [-0.25, -0.2) is 0 Å². The Morgan fingerprint density at radius 2 is 0.967 bits per heavy atom. The van der Waals surface area contributed by atoms with E-state index in [-0.39, 0.29) is 40.8 Å². The number of ketones is 5. The van der Waals surface area contributed by atoms with E-state index in [1.54, 1.807) is 41.5 Å². The fourth-order valence-electron chi connectivity index (χ4n) is 1.60. The zero-order valence-electron chi connectivity index (χ0n) is 20.5. The number of carboxylic acids is 1. The van der Waals surface area contributed by atoms with Gasteiger partial charge in [-0.1, -0.05) is 62.3 Å². The van der Waals surface area contributed by atoms with Gasteiger partial charge in [0, 0.05) is 36.0 Å². The van der Waals surface area contributed by atoms with Gasteiger partial charge in [-0.2, -0.15) is 0 Å². The van der Waals surface area contributed by atoms with Crippen molar-refractivity contribution in [2.75, 3.05) is 0 Å². The van der Waals surface area contributed by atoms with Crippen molar-refractivity contribution in [1.29, 1.82) is 0 Å². The summed E-state index contributed by atoms with van der Waals surface area (Å²) in [5.74, 6) is -1.71. The number of carboxylic acid groups (broad SMARTS) is 1. The van der Waals surface area contributed by atoms with Gasteiger partial charge in [-0.3, -0.25) is 24.0 Å². The molecular weight excluding hydrogens is 388 g/mol. The lowest BCUT2D eigenvalue weighted by Crippen LogP contribution is -2.26. The molecule has 0 bridgehead atoms. The minimum absolute atomic E-state index is 0.0857. The number of hydrogen-bond donors (Lipinski definition) is 1. The molecule has 0 saturated carbocycles. The highest BCUT2D eigenvalue weighted by atomic mass is 16.4. The molecule has 0 aromatic carbocycles. The zero-order chi connectivity index (χ0) is 25.1. The zero-order valence-corrected chi connectivity index (χ0v) is 20.5. The highest BCUT2D eigenvalue weighted by Gasteiger charge is 2.24. The van der Waals surface area contributed by atoms with Crippen LogP contribution >= 0.6 is 0 Å². The van der Waals surface area contributed by atoms with Gasteiger partial charge in [-0.15, -0.1) is 0 Å². The summed E-state index contributed by atoms with van der Waals surface area (Å²) in [6.45, 7) is 18.7. The molecule has 0 spiro atoms. The standard InChI is InChI=1S/C9H16O2.C7H12O3.C7H12O2/c1-7(10)5-6-8(11)9(2,3)4;1-7(2,3)5(8)4-6(9)10;1-5(8)6(9)7(2,3)4/h5-6H2,1-4H3;4H2,1-3H3,(H,9,10);1-4H3. The molecule has 0 aliphatic carbocycles. The molecule has 0 unspecified atom stereocenters. The second-order valence-corrected chi connectivity index (χ2v) is 10.3. The van der Waals surface area contributed by atoms with Crippen LogP contribution in [0.2, 0.25) is 0 Å². The van der Waals surface area contributed by atoms with E-state index in [1.807, 2.05) is 20.8 Å². The molecule has 0 atom stereocenters. The summed E-state index contributed by atoms with van der Waals surface area (Å²) in [5.41, 5.74) is -1.33. The van der Waals surface area contributed by atoms with E-state index in [4.69, 9.17) is 5.11 Å². The van der Waals surface area contributed by atoms with Gasteiger partial charge < -0.3 is 9.90 Å². The molecule has 30 heavy (non-hydrogen) atoms. The summed E-state index contributed by atoms with van der Waals surface area (Å²) in [6.07, 6.45) is 0.401. The summed E-state index contributed by atoms with van der Waals surface area (Å²) in [4.78, 5) is 63.9. The summed E-state index contributed by atoms with van der Waals surface area (Å²) < 4.78 is 0. The Morgan fingerprint density at radius 1 is 0.600 bits per heavy atom. The lowest BCUT2D eigenvalue weighted by atomic mass is 9.88. The average Bonchev–Trinajstić information content (AvgIpc) is 2.49. The Bertz CT molecular complexity index is 636. The van der Waals surface area contributed by atoms with Crippen LogP contribution in [0.1, 0.15) is 95.4 Å². The number of aliphatic carboxylic acids is 1. The van der Waals surface area contributed by atoms with E-state index in [2.05, 4.69) is 0 Å². The van der Waals surface area contributed by atoms with Crippen molar-refractivity contribution in [2.24, 2.45) is 16.2 Å². The normalized spacial score (nSPS) is 11.2. The summed E-state index contributed by atoms with van der Waals surface area (Å²) in [6, 6.07) is 0. The molecule has 7 heteroatoms. The van der Waals surface area contributed by atoms with Crippen LogP contribution < -0.4 is 0 Å². The molecule has 0 rings (SSSR count). The SMILES string of the molecule is CC(=O)C(=O)C(C)(C)C.CC(=O)CCC(=O)C(C)(C)C.CC(C)(C)C(=O)CC(=O)O. The molecule has 1 N–H and O–H groups in total.